The number of thiophene rings is 1. The Bertz CT molecular complexity index is 1040. The molecule has 3 aromatic rings. The van der Waals surface area contributed by atoms with Crippen molar-refractivity contribution in [2.75, 3.05) is 20.2 Å². The van der Waals surface area contributed by atoms with Gasteiger partial charge in [-0.05, 0) is 49.2 Å². The van der Waals surface area contributed by atoms with Crippen LogP contribution >= 0.6 is 11.3 Å². The van der Waals surface area contributed by atoms with Gasteiger partial charge in [0.2, 0.25) is 4.21 Å². The molecule has 0 spiro atoms. The van der Waals surface area contributed by atoms with E-state index in [1.54, 1.807) is 31.4 Å². The number of amides is 1. The van der Waals surface area contributed by atoms with E-state index in [0.717, 1.165) is 47.3 Å². The van der Waals surface area contributed by atoms with Gasteiger partial charge in [0.15, 0.2) is 0 Å². The number of carbonyl (C=O) groups is 1. The van der Waals surface area contributed by atoms with E-state index in [4.69, 9.17) is 4.74 Å². The predicted octanol–water partition coefficient (Wildman–Crippen LogP) is 3.36. The molecule has 1 atom stereocenters. The quantitative estimate of drug-likeness (QED) is 0.453. The summed E-state index contributed by atoms with van der Waals surface area (Å²) in [6, 6.07) is 17.2. The Morgan fingerprint density at radius 3 is 2.79 bits per heavy atom. The van der Waals surface area contributed by atoms with Crippen LogP contribution in [-0.2, 0) is 24.5 Å². The number of hydrogen-bond donors (Lipinski definition) is 2. The summed E-state index contributed by atoms with van der Waals surface area (Å²) in [5.41, 5.74) is 1.59. The monoisotopic (exact) mass is 484 g/mol. The molecule has 174 valence electrons. The van der Waals surface area contributed by atoms with Crippen molar-refractivity contribution in [3.8, 4) is 5.75 Å². The summed E-state index contributed by atoms with van der Waals surface area (Å²) in [5.74, 6) is 0.484. The zero-order valence-corrected chi connectivity index (χ0v) is 20.2. The molecule has 2 aromatic heterocycles. The Balaban J connectivity index is 1.23. The molecule has 1 saturated heterocycles. The van der Waals surface area contributed by atoms with Crippen LogP contribution in [0.4, 0.5) is 0 Å². The van der Waals surface area contributed by atoms with Gasteiger partial charge in [-0.15, -0.1) is 4.31 Å². The van der Waals surface area contributed by atoms with Gasteiger partial charge >= 0.3 is 0 Å². The number of hydrogen-bond acceptors (Lipinski definition) is 7. The Morgan fingerprint density at radius 2 is 2.03 bits per heavy atom. The molecule has 0 saturated carbocycles. The lowest BCUT2D eigenvalue weighted by atomic mass is 10.1. The predicted molar refractivity (Wildman–Crippen MR) is 131 cm³/mol. The average molecular weight is 485 g/mol. The number of benzene rings is 1. The van der Waals surface area contributed by atoms with Crippen molar-refractivity contribution >= 4 is 28.6 Å². The number of ether oxygens (including phenoxy) is 1. The van der Waals surface area contributed by atoms with Gasteiger partial charge < -0.3 is 19.9 Å². The van der Waals surface area contributed by atoms with Crippen molar-refractivity contribution in [2.45, 2.75) is 36.2 Å². The van der Waals surface area contributed by atoms with Gasteiger partial charge in [0, 0.05) is 48.4 Å². The van der Waals surface area contributed by atoms with Crippen LogP contribution < -0.4 is 15.4 Å². The number of piperidine rings is 1. The third-order valence-electron chi connectivity index (χ3n) is 5.55. The fourth-order valence-corrected chi connectivity index (χ4v) is 6.26. The van der Waals surface area contributed by atoms with Crippen LogP contribution in [0.1, 0.15) is 33.8 Å². The van der Waals surface area contributed by atoms with Gasteiger partial charge in [-0.2, -0.15) is 0 Å². The zero-order valence-electron chi connectivity index (χ0n) is 18.5. The van der Waals surface area contributed by atoms with Crippen molar-refractivity contribution in [3.63, 3.8) is 0 Å². The van der Waals surface area contributed by atoms with Crippen molar-refractivity contribution in [2.24, 2.45) is 0 Å². The van der Waals surface area contributed by atoms with Crippen molar-refractivity contribution < 1.29 is 14.1 Å². The molecule has 1 unspecified atom stereocenters. The third kappa shape index (κ3) is 6.55. The van der Waals surface area contributed by atoms with E-state index in [0.29, 0.717) is 23.9 Å². The summed E-state index contributed by atoms with van der Waals surface area (Å²) in [4.78, 5) is 17.7. The molecule has 2 N–H and O–H groups in total. The van der Waals surface area contributed by atoms with Gasteiger partial charge in [0.1, 0.15) is 5.75 Å². The average Bonchev–Trinajstić information content (AvgIpc) is 3.35. The van der Waals surface area contributed by atoms with E-state index in [1.165, 1.54) is 11.3 Å². The number of rotatable bonds is 9. The lowest BCUT2D eigenvalue weighted by Crippen LogP contribution is -2.44. The van der Waals surface area contributed by atoms with E-state index in [1.807, 2.05) is 40.8 Å². The maximum atomic E-state index is 13.0. The van der Waals surface area contributed by atoms with Crippen LogP contribution in [0.15, 0.2) is 65.0 Å². The van der Waals surface area contributed by atoms with Crippen molar-refractivity contribution in [3.05, 3.63) is 76.9 Å². The van der Waals surface area contributed by atoms with Gasteiger partial charge in [0.05, 0.1) is 30.7 Å². The molecule has 9 heteroatoms. The first-order chi connectivity index (χ1) is 16.1. The second-order valence-electron chi connectivity index (χ2n) is 7.79. The maximum Gasteiger partial charge on any atom is 0.251 e. The molecule has 7 nitrogen and oxygen atoms in total. The highest BCUT2D eigenvalue weighted by Crippen LogP contribution is 2.27. The largest absolute Gasteiger partial charge is 0.592 e. The number of nitrogens with one attached hydrogen (secondary N) is 2. The molecule has 33 heavy (non-hydrogen) atoms. The molecule has 1 amide bonds. The first kappa shape index (κ1) is 23.7. The normalized spacial score (nSPS) is 15.8. The smallest absolute Gasteiger partial charge is 0.251 e. The van der Waals surface area contributed by atoms with Crippen molar-refractivity contribution in [1.82, 2.24) is 19.9 Å². The molecular weight excluding hydrogens is 456 g/mol. The molecular formula is C24H28N4O3S2. The van der Waals surface area contributed by atoms with E-state index in [2.05, 4.69) is 15.6 Å². The second-order valence-corrected chi connectivity index (χ2v) is 10.7. The molecule has 1 aliphatic heterocycles. The van der Waals surface area contributed by atoms with Gasteiger partial charge in [-0.3, -0.25) is 9.78 Å². The van der Waals surface area contributed by atoms with Crippen LogP contribution in [0.2, 0.25) is 0 Å². The Hall–Kier alpha value is -2.43. The van der Waals surface area contributed by atoms with Gasteiger partial charge in [-0.1, -0.05) is 23.5 Å². The minimum absolute atomic E-state index is 0.162. The number of pyridine rings is 1. The minimum atomic E-state index is -1.18. The first-order valence-corrected chi connectivity index (χ1v) is 12.9. The summed E-state index contributed by atoms with van der Waals surface area (Å²) in [5, 5.41) is 6.48. The highest BCUT2D eigenvalue weighted by atomic mass is 32.2. The summed E-state index contributed by atoms with van der Waals surface area (Å²) >= 11 is 0.307. The highest BCUT2D eigenvalue weighted by Gasteiger charge is 2.29. The fraction of sp³-hybridized carbons (Fsp3) is 0.333. The standard InChI is InChI=1S/C24H28N4O3S2/c1-31-21-7-4-5-18(15-21)24(29)27-17-22-8-9-23(32-22)33(30)28-13-10-19(11-14-28)26-16-20-6-2-3-12-25-20/h2-9,12,15,19,26H,10-11,13-14,16-17H2,1H3,(H,27,29). The SMILES string of the molecule is COc1cccc(C(=O)NCc2ccc([S+]([O-])N3CCC(NCc4ccccn4)CC3)s2)c1. The minimum Gasteiger partial charge on any atom is -0.592 e. The third-order valence-corrected chi connectivity index (χ3v) is 8.42. The Kier molecular flexibility index (Phi) is 8.35. The lowest BCUT2D eigenvalue weighted by molar-refractivity contribution is 0.0951. The fourth-order valence-electron chi connectivity index (χ4n) is 3.69. The molecule has 0 aliphatic carbocycles. The summed E-state index contributed by atoms with van der Waals surface area (Å²) in [6.45, 7) is 2.72. The van der Waals surface area contributed by atoms with Crippen molar-refractivity contribution in [1.29, 1.82) is 0 Å². The lowest BCUT2D eigenvalue weighted by Gasteiger charge is -2.31. The zero-order chi connectivity index (χ0) is 23.0. The summed E-state index contributed by atoms with van der Waals surface area (Å²) in [6.07, 6.45) is 3.71. The maximum absolute atomic E-state index is 13.0. The molecule has 4 rings (SSSR count). The molecule has 1 aromatic carbocycles. The number of carbonyl (C=O) groups excluding carboxylic acids is 1. The molecule has 0 bridgehead atoms. The van der Waals surface area contributed by atoms with Gasteiger partial charge in [-0.25, -0.2) is 0 Å². The van der Waals surface area contributed by atoms with Crippen LogP contribution in [0.25, 0.3) is 0 Å². The van der Waals surface area contributed by atoms with E-state index in [-0.39, 0.29) is 5.91 Å². The topological polar surface area (TPSA) is 89.5 Å². The molecule has 3 heterocycles. The number of nitrogens with zero attached hydrogens (tertiary/aromatic N) is 2. The van der Waals surface area contributed by atoms with Crippen LogP contribution in [0.5, 0.6) is 5.75 Å². The first-order valence-electron chi connectivity index (χ1n) is 10.9. The van der Waals surface area contributed by atoms with Gasteiger partial charge in [0.25, 0.3) is 5.91 Å². The van der Waals surface area contributed by atoms with Crippen LogP contribution in [0, 0.1) is 0 Å². The molecule has 1 fully saturated rings. The summed E-state index contributed by atoms with van der Waals surface area (Å²) in [7, 11) is 1.57. The Morgan fingerprint density at radius 1 is 1.18 bits per heavy atom. The van der Waals surface area contributed by atoms with Crippen LogP contribution in [0.3, 0.4) is 0 Å². The van der Waals surface area contributed by atoms with Crippen LogP contribution in [-0.4, -0.2) is 46.0 Å². The summed E-state index contributed by atoms with van der Waals surface area (Å²) < 4.78 is 21.1. The van der Waals surface area contributed by atoms with E-state index >= 15 is 0 Å². The second kappa shape index (κ2) is 11.6. The van der Waals surface area contributed by atoms with E-state index < -0.39 is 11.4 Å². The molecule has 1 aliphatic rings. The Labute approximate surface area is 201 Å². The number of methoxy groups -OCH3 is 1. The van der Waals surface area contributed by atoms with E-state index in [9.17, 15) is 9.35 Å². The molecule has 0 radical (unpaired) electrons. The highest BCUT2D eigenvalue weighted by molar-refractivity contribution is 7.91. The number of aromatic nitrogens is 1.